The Hall–Kier alpha value is -2.44. The Balaban J connectivity index is 2.15. The van der Waals surface area contributed by atoms with E-state index in [-0.39, 0.29) is 10.6 Å². The smallest absolute Gasteiger partial charge is 0.285 e. The predicted octanol–water partition coefficient (Wildman–Crippen LogP) is 1.85. The molecule has 0 spiro atoms. The SMILES string of the molecule is COCCOc1cc2c3c(cccc3c1)C(=O)N(O)C2=O. The topological polar surface area (TPSA) is 76.1 Å². The van der Waals surface area contributed by atoms with Crippen molar-refractivity contribution in [1.29, 1.82) is 0 Å². The van der Waals surface area contributed by atoms with Gasteiger partial charge in [-0.05, 0) is 23.6 Å². The van der Waals surface area contributed by atoms with Crippen molar-refractivity contribution < 1.29 is 24.3 Å². The van der Waals surface area contributed by atoms with E-state index in [0.717, 1.165) is 0 Å². The number of benzene rings is 2. The van der Waals surface area contributed by atoms with E-state index in [0.29, 0.717) is 35.3 Å². The summed E-state index contributed by atoms with van der Waals surface area (Å²) in [6.45, 7) is 0.767. The number of nitrogens with zero attached hydrogens (tertiary/aromatic N) is 1. The molecular weight excluding hydrogens is 274 g/mol. The number of ether oxygens (including phenoxy) is 2. The van der Waals surface area contributed by atoms with E-state index in [1.807, 2.05) is 0 Å². The number of carbonyl (C=O) groups is 2. The van der Waals surface area contributed by atoms with Gasteiger partial charge in [-0.3, -0.25) is 14.8 Å². The van der Waals surface area contributed by atoms with Crippen molar-refractivity contribution in [3.05, 3.63) is 41.5 Å². The molecule has 2 aromatic rings. The fourth-order valence-electron chi connectivity index (χ4n) is 2.39. The van der Waals surface area contributed by atoms with Crippen molar-refractivity contribution in [2.45, 2.75) is 0 Å². The maximum Gasteiger partial charge on any atom is 0.285 e. The zero-order valence-electron chi connectivity index (χ0n) is 11.3. The van der Waals surface area contributed by atoms with Gasteiger partial charge < -0.3 is 9.47 Å². The lowest BCUT2D eigenvalue weighted by molar-refractivity contribution is -0.0377. The van der Waals surface area contributed by atoms with Gasteiger partial charge in [0.2, 0.25) is 0 Å². The molecule has 1 heterocycles. The number of rotatable bonds is 4. The molecule has 0 bridgehead atoms. The number of amides is 2. The minimum Gasteiger partial charge on any atom is -0.491 e. The number of imide groups is 1. The maximum atomic E-state index is 12.1. The lowest BCUT2D eigenvalue weighted by Crippen LogP contribution is -2.37. The Kier molecular flexibility index (Phi) is 3.32. The summed E-state index contributed by atoms with van der Waals surface area (Å²) in [4.78, 5) is 24.0. The minimum absolute atomic E-state index is 0.135. The van der Waals surface area contributed by atoms with Crippen LogP contribution in [0.2, 0.25) is 0 Å². The highest BCUT2D eigenvalue weighted by atomic mass is 16.5. The molecule has 2 amide bonds. The third-order valence-electron chi connectivity index (χ3n) is 3.35. The molecule has 2 aromatic carbocycles. The lowest BCUT2D eigenvalue weighted by atomic mass is 9.95. The van der Waals surface area contributed by atoms with Crippen LogP contribution in [0.4, 0.5) is 0 Å². The van der Waals surface area contributed by atoms with E-state index in [4.69, 9.17) is 9.47 Å². The summed E-state index contributed by atoms with van der Waals surface area (Å²) in [6, 6.07) is 8.35. The molecule has 0 atom stereocenters. The van der Waals surface area contributed by atoms with E-state index >= 15 is 0 Å². The Morgan fingerprint density at radius 2 is 1.86 bits per heavy atom. The number of methoxy groups -OCH3 is 1. The number of hydrogen-bond acceptors (Lipinski definition) is 5. The van der Waals surface area contributed by atoms with E-state index < -0.39 is 11.8 Å². The monoisotopic (exact) mass is 287 g/mol. The van der Waals surface area contributed by atoms with Crippen LogP contribution in [0.3, 0.4) is 0 Å². The highest BCUT2D eigenvalue weighted by Crippen LogP contribution is 2.32. The fraction of sp³-hybridized carbons (Fsp3) is 0.200. The highest BCUT2D eigenvalue weighted by Gasteiger charge is 2.32. The number of hydroxylamine groups is 2. The van der Waals surface area contributed by atoms with Crippen LogP contribution in [0.25, 0.3) is 10.8 Å². The minimum atomic E-state index is -0.749. The second kappa shape index (κ2) is 5.16. The van der Waals surface area contributed by atoms with E-state index in [2.05, 4.69) is 0 Å². The van der Waals surface area contributed by atoms with Crippen LogP contribution in [0.1, 0.15) is 20.7 Å². The van der Waals surface area contributed by atoms with E-state index in [1.54, 1.807) is 31.4 Å². The Morgan fingerprint density at radius 3 is 2.62 bits per heavy atom. The van der Waals surface area contributed by atoms with Crippen LogP contribution < -0.4 is 4.74 Å². The van der Waals surface area contributed by atoms with Crippen molar-refractivity contribution in [1.82, 2.24) is 5.06 Å². The van der Waals surface area contributed by atoms with Crippen molar-refractivity contribution >= 4 is 22.6 Å². The summed E-state index contributed by atoms with van der Waals surface area (Å²) in [5, 5.41) is 11.0. The first kappa shape index (κ1) is 13.5. The summed E-state index contributed by atoms with van der Waals surface area (Å²) in [5.74, 6) is -0.977. The molecule has 1 N–H and O–H groups in total. The summed E-state index contributed by atoms with van der Waals surface area (Å²) >= 11 is 0. The van der Waals surface area contributed by atoms with Crippen LogP contribution in [0.5, 0.6) is 5.75 Å². The van der Waals surface area contributed by atoms with Gasteiger partial charge in [0.15, 0.2) is 0 Å². The van der Waals surface area contributed by atoms with Crippen LogP contribution in [-0.2, 0) is 4.74 Å². The fourth-order valence-corrected chi connectivity index (χ4v) is 2.39. The van der Waals surface area contributed by atoms with Gasteiger partial charge in [-0.15, -0.1) is 5.06 Å². The van der Waals surface area contributed by atoms with Gasteiger partial charge in [0.05, 0.1) is 17.7 Å². The summed E-state index contributed by atoms with van der Waals surface area (Å²) in [7, 11) is 1.57. The molecule has 0 fully saturated rings. The van der Waals surface area contributed by atoms with Crippen LogP contribution in [0.15, 0.2) is 30.3 Å². The Bertz CT molecular complexity index is 740. The van der Waals surface area contributed by atoms with Gasteiger partial charge in [0.1, 0.15) is 12.4 Å². The summed E-state index contributed by atoms with van der Waals surface area (Å²) in [6.07, 6.45) is 0. The molecule has 6 nitrogen and oxygen atoms in total. The largest absolute Gasteiger partial charge is 0.491 e. The van der Waals surface area contributed by atoms with Gasteiger partial charge in [-0.25, -0.2) is 0 Å². The van der Waals surface area contributed by atoms with Gasteiger partial charge in [-0.2, -0.15) is 0 Å². The maximum absolute atomic E-state index is 12.1. The third kappa shape index (κ3) is 2.14. The normalized spacial score (nSPS) is 13.9. The van der Waals surface area contributed by atoms with Gasteiger partial charge in [-0.1, -0.05) is 12.1 Å². The zero-order chi connectivity index (χ0) is 15.0. The quantitative estimate of drug-likeness (QED) is 0.527. The van der Waals surface area contributed by atoms with Crippen LogP contribution in [-0.4, -0.2) is 42.4 Å². The molecule has 108 valence electrons. The summed E-state index contributed by atoms with van der Waals surface area (Å²) < 4.78 is 10.4. The first-order chi connectivity index (χ1) is 10.1. The van der Waals surface area contributed by atoms with Crippen LogP contribution >= 0.6 is 0 Å². The van der Waals surface area contributed by atoms with Gasteiger partial charge in [0, 0.05) is 12.5 Å². The molecule has 6 heteroatoms. The third-order valence-corrected chi connectivity index (χ3v) is 3.35. The molecule has 0 aromatic heterocycles. The van der Waals surface area contributed by atoms with Crippen molar-refractivity contribution in [3.63, 3.8) is 0 Å². The average Bonchev–Trinajstić information content (AvgIpc) is 2.50. The van der Waals surface area contributed by atoms with Gasteiger partial charge in [0.25, 0.3) is 11.8 Å². The molecule has 0 radical (unpaired) electrons. The van der Waals surface area contributed by atoms with E-state index in [1.165, 1.54) is 6.07 Å². The number of hydrogen-bond donors (Lipinski definition) is 1. The second-order valence-corrected chi connectivity index (χ2v) is 4.64. The molecule has 0 saturated heterocycles. The second-order valence-electron chi connectivity index (χ2n) is 4.64. The molecular formula is C15H13NO5. The molecule has 3 rings (SSSR count). The molecule has 21 heavy (non-hydrogen) atoms. The van der Waals surface area contributed by atoms with E-state index in [9.17, 15) is 14.8 Å². The molecule has 1 aliphatic heterocycles. The highest BCUT2D eigenvalue weighted by molar-refractivity contribution is 6.24. The molecule has 0 saturated carbocycles. The Labute approximate surface area is 120 Å². The average molecular weight is 287 g/mol. The van der Waals surface area contributed by atoms with Crippen molar-refractivity contribution in [2.75, 3.05) is 20.3 Å². The lowest BCUT2D eigenvalue weighted by Gasteiger charge is -2.22. The van der Waals surface area contributed by atoms with Crippen molar-refractivity contribution in [3.8, 4) is 5.75 Å². The molecule has 1 aliphatic rings. The molecule has 0 unspecified atom stereocenters. The predicted molar refractivity (Wildman–Crippen MR) is 73.6 cm³/mol. The van der Waals surface area contributed by atoms with Gasteiger partial charge >= 0.3 is 0 Å². The van der Waals surface area contributed by atoms with Crippen LogP contribution in [0, 0.1) is 0 Å². The van der Waals surface area contributed by atoms with Crippen molar-refractivity contribution in [2.24, 2.45) is 0 Å². The molecule has 0 aliphatic carbocycles. The zero-order valence-corrected chi connectivity index (χ0v) is 11.3. The first-order valence-electron chi connectivity index (χ1n) is 6.39. The number of carbonyl (C=O) groups excluding carboxylic acids is 2. The Morgan fingerprint density at radius 1 is 1.10 bits per heavy atom. The standard InChI is InChI=1S/C15H13NO5/c1-20-5-6-21-10-7-9-3-2-4-11-13(9)12(8-10)15(18)16(19)14(11)17/h2-4,7-8,19H,5-6H2,1H3. The first-order valence-corrected chi connectivity index (χ1v) is 6.39. The summed E-state index contributed by atoms with van der Waals surface area (Å²) in [5.41, 5.74) is 0.547.